The number of nitrogens with one attached hydrogen (secondary N) is 1. The summed E-state index contributed by atoms with van der Waals surface area (Å²) in [5, 5.41) is 4.35. The average Bonchev–Trinajstić information content (AvgIpc) is 3.03. The molecule has 0 spiro atoms. The van der Waals surface area contributed by atoms with Crippen LogP contribution in [-0.4, -0.2) is 39.5 Å². The first kappa shape index (κ1) is 23.5. The average molecular weight is 474 g/mol. The van der Waals surface area contributed by atoms with Crippen molar-refractivity contribution < 1.29 is 14.3 Å². The molecule has 0 saturated heterocycles. The third-order valence-electron chi connectivity index (χ3n) is 7.62. The Labute approximate surface area is 207 Å². The maximum absolute atomic E-state index is 14.0. The predicted octanol–water partition coefficient (Wildman–Crippen LogP) is 5.29. The number of nitrogens with zero attached hydrogens (tertiary/aromatic N) is 2. The highest BCUT2D eigenvalue weighted by Crippen LogP contribution is 2.35. The Bertz CT molecular complexity index is 1220. The van der Waals surface area contributed by atoms with Crippen LogP contribution in [0, 0.1) is 0 Å². The fourth-order valence-electron chi connectivity index (χ4n) is 5.62. The van der Waals surface area contributed by atoms with Gasteiger partial charge in [-0.25, -0.2) is 0 Å². The lowest BCUT2D eigenvalue weighted by atomic mass is 9.92. The molecule has 2 aromatic carbocycles. The minimum absolute atomic E-state index is 0.0740. The van der Waals surface area contributed by atoms with Crippen LogP contribution in [-0.2, 0) is 17.9 Å². The molecule has 3 aromatic rings. The van der Waals surface area contributed by atoms with Crippen LogP contribution in [0.25, 0.3) is 10.9 Å². The van der Waals surface area contributed by atoms with E-state index in [4.69, 9.17) is 4.74 Å². The number of hydrogen-bond donors (Lipinski definition) is 1. The highest BCUT2D eigenvalue weighted by Gasteiger charge is 2.48. The molecule has 2 aliphatic rings. The fraction of sp³-hybridized carbons (Fsp3) is 0.448. The first-order chi connectivity index (χ1) is 17.0. The van der Waals surface area contributed by atoms with Gasteiger partial charge in [-0.2, -0.15) is 0 Å². The fourth-order valence-corrected chi connectivity index (χ4v) is 5.62. The van der Waals surface area contributed by atoms with Crippen LogP contribution in [0.1, 0.15) is 68.4 Å². The number of amides is 2. The van der Waals surface area contributed by atoms with Gasteiger partial charge in [-0.3, -0.25) is 9.59 Å². The van der Waals surface area contributed by atoms with Gasteiger partial charge in [0, 0.05) is 22.5 Å². The van der Waals surface area contributed by atoms with Gasteiger partial charge >= 0.3 is 0 Å². The molecule has 0 unspecified atom stereocenters. The molecule has 0 radical (unpaired) electrons. The molecule has 1 aliphatic heterocycles. The zero-order valence-electron chi connectivity index (χ0n) is 20.8. The standard InChI is InChI=1S/C29H35N3O3/c1-3-35-26-17-11-9-13-22(26)19-32-27(33)25-18-21-12-8-10-16-24(21)31(25)20-29(32,2)28(34)30-23-14-6-4-5-7-15-23/h8-13,16-18,23H,3-7,14-15,19-20H2,1-2H3,(H,30,34)/t29-/m1/s1. The van der Waals surface area contributed by atoms with Crippen molar-refractivity contribution >= 4 is 22.7 Å². The van der Waals surface area contributed by atoms with E-state index in [1.54, 1.807) is 4.90 Å². The molecule has 6 nitrogen and oxygen atoms in total. The number of para-hydroxylation sites is 2. The molecule has 2 amide bonds. The molecule has 1 N–H and O–H groups in total. The van der Waals surface area contributed by atoms with E-state index in [9.17, 15) is 9.59 Å². The Morgan fingerprint density at radius 1 is 1.06 bits per heavy atom. The van der Waals surface area contributed by atoms with Gasteiger partial charge in [0.25, 0.3) is 5.91 Å². The Morgan fingerprint density at radius 2 is 1.77 bits per heavy atom. The summed E-state index contributed by atoms with van der Waals surface area (Å²) < 4.78 is 7.87. The van der Waals surface area contributed by atoms with Gasteiger partial charge in [-0.05, 0) is 44.9 Å². The number of ether oxygens (including phenoxy) is 1. The number of rotatable bonds is 6. The van der Waals surface area contributed by atoms with Gasteiger partial charge in [0.1, 0.15) is 17.0 Å². The van der Waals surface area contributed by atoms with E-state index in [1.807, 2.05) is 73.0 Å². The molecule has 2 heterocycles. The zero-order chi connectivity index (χ0) is 24.4. The maximum atomic E-state index is 14.0. The Hall–Kier alpha value is -3.28. The number of benzene rings is 2. The Kier molecular flexibility index (Phi) is 6.54. The van der Waals surface area contributed by atoms with Crippen molar-refractivity contribution in [3.05, 3.63) is 65.9 Å². The summed E-state index contributed by atoms with van der Waals surface area (Å²) in [6.45, 7) is 5.13. The summed E-state index contributed by atoms with van der Waals surface area (Å²) in [6, 6.07) is 17.9. The molecule has 1 aromatic heterocycles. The molecule has 184 valence electrons. The molecule has 1 fully saturated rings. The molecular formula is C29H35N3O3. The van der Waals surface area contributed by atoms with Crippen LogP contribution in [0.2, 0.25) is 0 Å². The van der Waals surface area contributed by atoms with Crippen LogP contribution in [0.15, 0.2) is 54.6 Å². The molecule has 6 heteroatoms. The molecular weight excluding hydrogens is 438 g/mol. The highest BCUT2D eigenvalue weighted by atomic mass is 16.5. The summed E-state index contributed by atoms with van der Waals surface area (Å²) in [5.41, 5.74) is 1.48. The summed E-state index contributed by atoms with van der Waals surface area (Å²) in [7, 11) is 0. The van der Waals surface area contributed by atoms with Gasteiger partial charge in [0.05, 0.1) is 19.7 Å². The molecule has 1 atom stereocenters. The first-order valence-corrected chi connectivity index (χ1v) is 12.9. The smallest absolute Gasteiger partial charge is 0.271 e. The number of carbonyl (C=O) groups is 2. The lowest BCUT2D eigenvalue weighted by Crippen LogP contribution is -2.64. The van der Waals surface area contributed by atoms with E-state index in [2.05, 4.69) is 5.32 Å². The zero-order valence-corrected chi connectivity index (χ0v) is 20.8. The molecule has 5 rings (SSSR count). The number of hydrogen-bond acceptors (Lipinski definition) is 3. The van der Waals surface area contributed by atoms with E-state index in [0.717, 1.165) is 47.9 Å². The van der Waals surface area contributed by atoms with Crippen LogP contribution < -0.4 is 10.1 Å². The summed E-state index contributed by atoms with van der Waals surface area (Å²) in [6.07, 6.45) is 6.72. The third kappa shape index (κ3) is 4.42. The number of fused-ring (bicyclic) bond motifs is 3. The van der Waals surface area contributed by atoms with Crippen molar-refractivity contribution in [3.8, 4) is 5.75 Å². The van der Waals surface area contributed by atoms with Crippen molar-refractivity contribution in [2.75, 3.05) is 6.61 Å². The second-order valence-corrected chi connectivity index (χ2v) is 10.0. The van der Waals surface area contributed by atoms with E-state index in [0.29, 0.717) is 25.4 Å². The second-order valence-electron chi connectivity index (χ2n) is 10.0. The van der Waals surface area contributed by atoms with Crippen molar-refractivity contribution in [1.29, 1.82) is 0 Å². The first-order valence-electron chi connectivity index (χ1n) is 12.9. The van der Waals surface area contributed by atoms with E-state index < -0.39 is 5.54 Å². The predicted molar refractivity (Wildman–Crippen MR) is 137 cm³/mol. The Morgan fingerprint density at radius 3 is 2.54 bits per heavy atom. The Balaban J connectivity index is 1.54. The van der Waals surface area contributed by atoms with Crippen LogP contribution >= 0.6 is 0 Å². The van der Waals surface area contributed by atoms with E-state index in [-0.39, 0.29) is 17.9 Å². The molecule has 1 saturated carbocycles. The summed E-state index contributed by atoms with van der Waals surface area (Å²) in [5.74, 6) is 0.549. The summed E-state index contributed by atoms with van der Waals surface area (Å²) >= 11 is 0. The van der Waals surface area contributed by atoms with Gasteiger partial charge < -0.3 is 19.5 Å². The normalized spacial score (nSPS) is 21.0. The van der Waals surface area contributed by atoms with Gasteiger partial charge in [0.2, 0.25) is 5.91 Å². The largest absolute Gasteiger partial charge is 0.494 e. The topological polar surface area (TPSA) is 63.6 Å². The van der Waals surface area contributed by atoms with Crippen molar-refractivity contribution in [2.45, 2.75) is 77.0 Å². The monoisotopic (exact) mass is 473 g/mol. The highest BCUT2D eigenvalue weighted by molar-refractivity contribution is 6.03. The minimum atomic E-state index is -1.03. The van der Waals surface area contributed by atoms with Gasteiger partial charge in [0.15, 0.2) is 0 Å². The second kappa shape index (κ2) is 9.76. The van der Waals surface area contributed by atoms with Gasteiger partial charge in [-0.15, -0.1) is 0 Å². The minimum Gasteiger partial charge on any atom is -0.494 e. The molecule has 0 bridgehead atoms. The van der Waals surface area contributed by atoms with Crippen molar-refractivity contribution in [2.24, 2.45) is 0 Å². The van der Waals surface area contributed by atoms with E-state index in [1.165, 1.54) is 12.8 Å². The van der Waals surface area contributed by atoms with Crippen LogP contribution in [0.5, 0.6) is 5.75 Å². The number of aromatic nitrogens is 1. The van der Waals surface area contributed by atoms with Crippen LogP contribution in [0.3, 0.4) is 0 Å². The SMILES string of the molecule is CCOc1ccccc1CN1C(=O)c2cc3ccccc3n2C[C@]1(C)C(=O)NC1CCCCCC1. The van der Waals surface area contributed by atoms with Crippen molar-refractivity contribution in [3.63, 3.8) is 0 Å². The number of carbonyl (C=O) groups excluding carboxylic acids is 2. The third-order valence-corrected chi connectivity index (χ3v) is 7.62. The van der Waals surface area contributed by atoms with Crippen molar-refractivity contribution in [1.82, 2.24) is 14.8 Å². The van der Waals surface area contributed by atoms with Crippen LogP contribution in [0.4, 0.5) is 0 Å². The maximum Gasteiger partial charge on any atom is 0.271 e. The van der Waals surface area contributed by atoms with Gasteiger partial charge in [-0.1, -0.05) is 62.1 Å². The summed E-state index contributed by atoms with van der Waals surface area (Å²) in [4.78, 5) is 29.7. The quantitative estimate of drug-likeness (QED) is 0.495. The lowest BCUT2D eigenvalue weighted by Gasteiger charge is -2.44. The lowest BCUT2D eigenvalue weighted by molar-refractivity contribution is -0.134. The molecule has 35 heavy (non-hydrogen) atoms. The molecule has 1 aliphatic carbocycles. The van der Waals surface area contributed by atoms with E-state index >= 15 is 0 Å².